The van der Waals surface area contributed by atoms with E-state index in [1.807, 2.05) is 6.20 Å². The molecule has 0 amide bonds. The highest BCUT2D eigenvalue weighted by molar-refractivity contribution is 6.33. The smallest absolute Gasteiger partial charge is 0.285 e. The topological polar surface area (TPSA) is 65.1 Å². The fourth-order valence-corrected chi connectivity index (χ4v) is 5.07. The van der Waals surface area contributed by atoms with Crippen LogP contribution in [0.25, 0.3) is 0 Å². The van der Waals surface area contributed by atoms with Gasteiger partial charge in [-0.1, -0.05) is 56.2 Å². The molecule has 0 aromatic carbocycles. The molecule has 2 aromatic heterocycles. The van der Waals surface area contributed by atoms with Crippen molar-refractivity contribution in [3.8, 4) is 0 Å². The zero-order valence-corrected chi connectivity index (χ0v) is 18.4. The number of halogens is 1. The van der Waals surface area contributed by atoms with Crippen molar-refractivity contribution in [2.75, 3.05) is 31.1 Å². The first-order chi connectivity index (χ1) is 14.7. The van der Waals surface area contributed by atoms with E-state index in [0.29, 0.717) is 0 Å². The van der Waals surface area contributed by atoms with Crippen LogP contribution in [-0.4, -0.2) is 46.3 Å². The highest BCUT2D eigenvalue weighted by Gasteiger charge is 2.21. The van der Waals surface area contributed by atoms with Gasteiger partial charge in [-0.25, -0.2) is 5.10 Å². The lowest BCUT2D eigenvalue weighted by Crippen LogP contribution is -2.46. The molecule has 3 heterocycles. The second kappa shape index (κ2) is 10.4. The molecule has 0 atom stereocenters. The lowest BCUT2D eigenvalue weighted by Gasteiger charge is -2.36. The molecule has 1 saturated carbocycles. The second-order valence-electron chi connectivity index (χ2n) is 8.67. The molecule has 30 heavy (non-hydrogen) atoms. The molecule has 2 aromatic rings. The van der Waals surface area contributed by atoms with Crippen molar-refractivity contribution in [2.24, 2.45) is 5.92 Å². The first-order valence-corrected chi connectivity index (χ1v) is 11.7. The van der Waals surface area contributed by atoms with Crippen LogP contribution >= 0.6 is 11.6 Å². The number of hydrogen-bond acceptors (Lipinski definition) is 5. The van der Waals surface area contributed by atoms with Crippen molar-refractivity contribution in [1.29, 1.82) is 0 Å². The Bertz CT molecular complexity index is 872. The maximum atomic E-state index is 11.7. The first kappa shape index (κ1) is 21.3. The van der Waals surface area contributed by atoms with E-state index < -0.39 is 0 Å². The monoisotopic (exact) mass is 429 g/mol. The van der Waals surface area contributed by atoms with Crippen molar-refractivity contribution < 1.29 is 0 Å². The minimum absolute atomic E-state index is 0.228. The summed E-state index contributed by atoms with van der Waals surface area (Å²) in [7, 11) is 0. The second-order valence-corrected chi connectivity index (χ2v) is 9.04. The lowest BCUT2D eigenvalue weighted by molar-refractivity contribution is 0.248. The molecule has 1 N–H and O–H groups in total. The number of rotatable bonds is 7. The van der Waals surface area contributed by atoms with Gasteiger partial charge in [-0.15, -0.1) is 0 Å². The van der Waals surface area contributed by atoms with Gasteiger partial charge in [-0.05, 0) is 30.4 Å². The Morgan fingerprint density at radius 2 is 1.93 bits per heavy atom. The molecule has 0 spiro atoms. The van der Waals surface area contributed by atoms with Gasteiger partial charge in [0.15, 0.2) is 0 Å². The summed E-state index contributed by atoms with van der Waals surface area (Å²) in [6.07, 6.45) is 14.4. The van der Waals surface area contributed by atoms with Crippen molar-refractivity contribution >= 4 is 17.3 Å². The van der Waals surface area contributed by atoms with Gasteiger partial charge in [0.1, 0.15) is 5.02 Å². The first-order valence-electron chi connectivity index (χ1n) is 11.3. The average molecular weight is 430 g/mol. The summed E-state index contributed by atoms with van der Waals surface area (Å²) in [5.74, 6) is 0.936. The number of aromatic amines is 1. The molecule has 7 heteroatoms. The van der Waals surface area contributed by atoms with Crippen LogP contribution in [0.15, 0.2) is 29.3 Å². The third-order valence-electron chi connectivity index (χ3n) is 6.62. The van der Waals surface area contributed by atoms with Crippen LogP contribution < -0.4 is 10.5 Å². The van der Waals surface area contributed by atoms with Crippen molar-refractivity contribution in [2.45, 2.75) is 57.9 Å². The van der Waals surface area contributed by atoms with Gasteiger partial charge in [-0.2, -0.15) is 5.10 Å². The number of nitrogens with one attached hydrogen (secondary N) is 1. The highest BCUT2D eigenvalue weighted by Crippen LogP contribution is 2.28. The molecular weight excluding hydrogens is 398 g/mol. The van der Waals surface area contributed by atoms with Crippen LogP contribution in [0.4, 0.5) is 5.69 Å². The minimum atomic E-state index is -0.329. The van der Waals surface area contributed by atoms with E-state index in [1.165, 1.54) is 56.2 Å². The number of nitrogens with zero attached hydrogens (tertiary/aromatic N) is 4. The average Bonchev–Trinajstić information content (AvgIpc) is 2.78. The zero-order chi connectivity index (χ0) is 20.8. The predicted octanol–water partition coefficient (Wildman–Crippen LogP) is 4.04. The van der Waals surface area contributed by atoms with Crippen LogP contribution in [-0.2, 0) is 13.0 Å². The van der Waals surface area contributed by atoms with E-state index in [-0.39, 0.29) is 10.6 Å². The maximum Gasteiger partial charge on any atom is 0.285 e. The summed E-state index contributed by atoms with van der Waals surface area (Å²) in [5, 5.41) is 6.51. The van der Waals surface area contributed by atoms with Gasteiger partial charge in [0.05, 0.1) is 11.9 Å². The number of aryl methyl sites for hydroxylation is 1. The minimum Gasteiger partial charge on any atom is -0.366 e. The van der Waals surface area contributed by atoms with Gasteiger partial charge in [-0.3, -0.25) is 14.7 Å². The Kier molecular flexibility index (Phi) is 7.39. The molecule has 6 nitrogen and oxygen atoms in total. The number of hydrogen-bond donors (Lipinski definition) is 1. The molecule has 2 aliphatic rings. The predicted molar refractivity (Wildman–Crippen MR) is 121 cm³/mol. The number of aromatic nitrogens is 3. The Labute approximate surface area is 183 Å². The summed E-state index contributed by atoms with van der Waals surface area (Å²) in [6, 6.07) is 4.28. The lowest BCUT2D eigenvalue weighted by atomic mass is 9.85. The summed E-state index contributed by atoms with van der Waals surface area (Å²) >= 11 is 6.17. The number of H-pyrrole nitrogens is 1. The van der Waals surface area contributed by atoms with Crippen LogP contribution in [0.3, 0.4) is 0 Å². The van der Waals surface area contributed by atoms with Crippen molar-refractivity contribution in [1.82, 2.24) is 20.1 Å². The van der Waals surface area contributed by atoms with Crippen LogP contribution in [0, 0.1) is 5.92 Å². The molecular formula is C23H32ClN5O. The van der Waals surface area contributed by atoms with E-state index in [4.69, 9.17) is 16.6 Å². The zero-order valence-electron chi connectivity index (χ0n) is 17.7. The van der Waals surface area contributed by atoms with Crippen LogP contribution in [0.2, 0.25) is 5.02 Å². The summed E-state index contributed by atoms with van der Waals surface area (Å²) in [4.78, 5) is 21.0. The highest BCUT2D eigenvalue weighted by atomic mass is 35.5. The fourth-order valence-electron chi connectivity index (χ4n) is 4.86. The normalized spacial score (nSPS) is 18.6. The largest absolute Gasteiger partial charge is 0.366 e. The number of piperazine rings is 1. The molecule has 0 bridgehead atoms. The van der Waals surface area contributed by atoms with Gasteiger partial charge in [0, 0.05) is 44.6 Å². The third kappa shape index (κ3) is 5.41. The van der Waals surface area contributed by atoms with Crippen LogP contribution in [0.5, 0.6) is 0 Å². The molecule has 1 aliphatic heterocycles. The maximum absolute atomic E-state index is 11.7. The Hall–Kier alpha value is -1.92. The Morgan fingerprint density at radius 1 is 1.13 bits per heavy atom. The van der Waals surface area contributed by atoms with Crippen LogP contribution in [0.1, 0.15) is 56.2 Å². The van der Waals surface area contributed by atoms with Gasteiger partial charge in [0.25, 0.3) is 5.56 Å². The van der Waals surface area contributed by atoms with E-state index >= 15 is 0 Å². The van der Waals surface area contributed by atoms with E-state index in [9.17, 15) is 4.79 Å². The molecule has 162 valence electrons. The summed E-state index contributed by atoms with van der Waals surface area (Å²) in [6.45, 7) is 4.46. The molecule has 4 rings (SSSR count). The molecule has 0 unspecified atom stereocenters. The molecule has 2 fully saturated rings. The van der Waals surface area contributed by atoms with Gasteiger partial charge in [0.2, 0.25) is 0 Å². The summed E-state index contributed by atoms with van der Waals surface area (Å²) < 4.78 is 0. The van der Waals surface area contributed by atoms with E-state index in [2.05, 4.69) is 32.1 Å². The molecule has 1 saturated heterocycles. The Morgan fingerprint density at radius 3 is 2.73 bits per heavy atom. The fraction of sp³-hybridized carbons (Fsp3) is 0.609. The summed E-state index contributed by atoms with van der Waals surface area (Å²) in [5.41, 5.74) is 3.01. The number of pyridine rings is 1. The van der Waals surface area contributed by atoms with E-state index in [0.717, 1.165) is 50.7 Å². The van der Waals surface area contributed by atoms with Crippen molar-refractivity contribution in [3.05, 3.63) is 51.2 Å². The number of anilines is 1. The third-order valence-corrected chi connectivity index (χ3v) is 6.98. The van der Waals surface area contributed by atoms with Gasteiger partial charge >= 0.3 is 0 Å². The van der Waals surface area contributed by atoms with Crippen molar-refractivity contribution in [3.63, 3.8) is 0 Å². The Balaban J connectivity index is 1.29. The quantitative estimate of drug-likeness (QED) is 0.719. The molecule has 1 aliphatic carbocycles. The van der Waals surface area contributed by atoms with E-state index in [1.54, 1.807) is 6.20 Å². The SMILES string of the molecule is O=c1[nH]ncc(N2CCN(Cc3cccnc3CCCC3CCCCC3)CC2)c1Cl. The molecule has 0 radical (unpaired) electrons. The van der Waals surface area contributed by atoms with Gasteiger partial charge < -0.3 is 4.90 Å². The standard InChI is InChI=1S/C23H32ClN5O/c24-22-21(16-26-27-23(22)30)29-14-12-28(13-15-29)17-19-9-5-11-25-20(19)10-4-8-18-6-2-1-3-7-18/h5,9,11,16,18H,1-4,6-8,10,12-15,17H2,(H,27,30).